The molecule has 0 bridgehead atoms. The van der Waals surface area contributed by atoms with Crippen LogP contribution in [0.4, 0.5) is 0 Å². The molecular weight excluding hydrogens is 935 g/mol. The van der Waals surface area contributed by atoms with Crippen LogP contribution in [0.5, 0.6) is 0 Å². The minimum Gasteiger partial charge on any atom is -0.545 e. The van der Waals surface area contributed by atoms with E-state index in [0.29, 0.717) is 17.4 Å². The smallest absolute Gasteiger partial charge is 0.306 e. The Hall–Kier alpha value is -2.23. The fraction of sp³-hybridized carbons (Fsp3) is 0.894. The Balaban J connectivity index is 4.11. The minimum atomic E-state index is -1.62. The standard InChI is InChI=1S/C66H125NO8/c1-6-8-10-12-14-16-18-20-22-24-26-28-29-30-31-32-33-34-35-37-39-41-43-45-47-49-51-53-55-57-64(69)75-62(61-74-66(65(70)71)72-59-58-67(3,4)5)60-73-63(68)56-54-52-50-48-46-44-42-40-38-36-27-25-23-21-19-17-15-13-11-9-7-2/h18,20,24,26,62,66H,6-17,19,21-23,25,27-61H2,1-5H3/b20-18-,26-24-. The second kappa shape index (κ2) is 57.9. The Labute approximate surface area is 465 Å². The number of nitrogens with zero attached hydrogens (tertiary/aromatic N) is 1. The predicted molar refractivity (Wildman–Crippen MR) is 316 cm³/mol. The molecule has 0 heterocycles. The van der Waals surface area contributed by atoms with E-state index in [9.17, 15) is 19.5 Å². The number of carboxylic acids is 1. The van der Waals surface area contributed by atoms with Crippen molar-refractivity contribution < 1.29 is 42.9 Å². The van der Waals surface area contributed by atoms with Crippen molar-refractivity contribution in [2.45, 2.75) is 334 Å². The molecule has 9 heteroatoms. The van der Waals surface area contributed by atoms with Crippen LogP contribution in [0, 0.1) is 0 Å². The fourth-order valence-electron chi connectivity index (χ4n) is 9.69. The quantitative estimate of drug-likeness (QED) is 0.0195. The highest BCUT2D eigenvalue weighted by atomic mass is 16.7. The molecule has 75 heavy (non-hydrogen) atoms. The number of carbonyl (C=O) groups is 3. The summed E-state index contributed by atoms with van der Waals surface area (Å²) in [5.74, 6) is -2.25. The molecule has 0 aromatic carbocycles. The van der Waals surface area contributed by atoms with E-state index in [4.69, 9.17) is 18.9 Å². The molecule has 0 aromatic heterocycles. The Kier molecular flexibility index (Phi) is 56.2. The van der Waals surface area contributed by atoms with Crippen LogP contribution < -0.4 is 5.11 Å². The van der Waals surface area contributed by atoms with Crippen molar-refractivity contribution in [3.8, 4) is 0 Å². The largest absolute Gasteiger partial charge is 0.545 e. The molecule has 0 radical (unpaired) electrons. The van der Waals surface area contributed by atoms with Crippen LogP contribution >= 0.6 is 0 Å². The second-order valence-electron chi connectivity index (χ2n) is 23.4. The van der Waals surface area contributed by atoms with Crippen LogP contribution in [0.2, 0.25) is 0 Å². The fourth-order valence-corrected chi connectivity index (χ4v) is 9.69. The molecule has 0 saturated carbocycles. The van der Waals surface area contributed by atoms with E-state index >= 15 is 0 Å². The number of esters is 2. The summed E-state index contributed by atoms with van der Waals surface area (Å²) in [5, 5.41) is 11.8. The Bertz CT molecular complexity index is 1280. The molecule has 0 spiro atoms. The van der Waals surface area contributed by atoms with E-state index in [-0.39, 0.29) is 32.2 Å². The number of allylic oxidation sites excluding steroid dienone is 4. The zero-order valence-corrected chi connectivity index (χ0v) is 50.4. The van der Waals surface area contributed by atoms with Gasteiger partial charge in [-0.2, -0.15) is 0 Å². The van der Waals surface area contributed by atoms with Crippen LogP contribution in [0.25, 0.3) is 0 Å². The second-order valence-corrected chi connectivity index (χ2v) is 23.4. The molecule has 0 aliphatic carbocycles. The lowest BCUT2D eigenvalue weighted by Crippen LogP contribution is -2.44. The summed E-state index contributed by atoms with van der Waals surface area (Å²) in [7, 11) is 5.94. The lowest BCUT2D eigenvalue weighted by atomic mass is 10.0. The maximum atomic E-state index is 12.9. The van der Waals surface area contributed by atoms with Crippen molar-refractivity contribution in [3.63, 3.8) is 0 Å². The third-order valence-electron chi connectivity index (χ3n) is 14.7. The Morgan fingerprint density at radius 2 is 0.720 bits per heavy atom. The molecule has 0 aliphatic rings. The van der Waals surface area contributed by atoms with Crippen molar-refractivity contribution in [2.24, 2.45) is 0 Å². The number of quaternary nitrogens is 1. The summed E-state index contributed by atoms with van der Waals surface area (Å²) >= 11 is 0. The number of rotatable bonds is 61. The number of likely N-dealkylation sites (N-methyl/N-ethyl adjacent to an activating group) is 1. The van der Waals surface area contributed by atoms with E-state index in [1.165, 1.54) is 250 Å². The van der Waals surface area contributed by atoms with Gasteiger partial charge in [-0.1, -0.05) is 289 Å². The number of unbranched alkanes of at least 4 members (excludes halogenated alkanes) is 42. The first kappa shape index (κ1) is 72.8. The lowest BCUT2D eigenvalue weighted by Gasteiger charge is -2.26. The Morgan fingerprint density at radius 3 is 1.05 bits per heavy atom. The number of aliphatic carboxylic acids is 1. The monoisotopic (exact) mass is 1060 g/mol. The maximum absolute atomic E-state index is 12.9. The van der Waals surface area contributed by atoms with Crippen molar-refractivity contribution >= 4 is 17.9 Å². The number of ether oxygens (including phenoxy) is 4. The van der Waals surface area contributed by atoms with Gasteiger partial charge in [-0.3, -0.25) is 9.59 Å². The molecule has 0 rings (SSSR count). The highest BCUT2D eigenvalue weighted by molar-refractivity contribution is 5.70. The molecule has 0 aliphatic heterocycles. The summed E-state index contributed by atoms with van der Waals surface area (Å²) in [5.41, 5.74) is 0. The van der Waals surface area contributed by atoms with E-state index in [2.05, 4.69) is 38.2 Å². The molecule has 9 nitrogen and oxygen atoms in total. The van der Waals surface area contributed by atoms with Gasteiger partial charge >= 0.3 is 11.9 Å². The third-order valence-corrected chi connectivity index (χ3v) is 14.7. The normalized spacial score (nSPS) is 12.8. The highest BCUT2D eigenvalue weighted by Crippen LogP contribution is 2.18. The molecule has 0 amide bonds. The van der Waals surface area contributed by atoms with Gasteiger partial charge in [-0.25, -0.2) is 0 Å². The summed E-state index contributed by atoms with van der Waals surface area (Å²) < 4.78 is 22.8. The molecule has 0 saturated heterocycles. The number of carboxylic acid groups (broad SMARTS) is 1. The first-order chi connectivity index (χ1) is 36.6. The van der Waals surface area contributed by atoms with Crippen molar-refractivity contribution in [1.29, 1.82) is 0 Å². The molecule has 0 N–H and O–H groups in total. The van der Waals surface area contributed by atoms with Gasteiger partial charge in [0.2, 0.25) is 0 Å². The van der Waals surface area contributed by atoms with Crippen molar-refractivity contribution in [2.75, 3.05) is 47.5 Å². The van der Waals surface area contributed by atoms with Crippen LogP contribution in [0.15, 0.2) is 24.3 Å². The van der Waals surface area contributed by atoms with Gasteiger partial charge in [-0.05, 0) is 44.9 Å². The summed E-state index contributed by atoms with van der Waals surface area (Å²) in [6.07, 6.45) is 66.7. The average molecular weight is 1060 g/mol. The lowest BCUT2D eigenvalue weighted by molar-refractivity contribution is -0.870. The molecule has 2 unspecified atom stereocenters. The topological polar surface area (TPSA) is 111 Å². The third kappa shape index (κ3) is 59.3. The predicted octanol–water partition coefficient (Wildman–Crippen LogP) is 18.1. The summed E-state index contributed by atoms with van der Waals surface area (Å²) in [6, 6.07) is 0. The van der Waals surface area contributed by atoms with Crippen molar-refractivity contribution in [3.05, 3.63) is 24.3 Å². The zero-order valence-electron chi connectivity index (χ0n) is 50.4. The highest BCUT2D eigenvalue weighted by Gasteiger charge is 2.22. The van der Waals surface area contributed by atoms with Crippen LogP contribution in [-0.2, 0) is 33.3 Å². The van der Waals surface area contributed by atoms with Gasteiger partial charge in [-0.15, -0.1) is 0 Å². The van der Waals surface area contributed by atoms with Crippen LogP contribution in [0.1, 0.15) is 322 Å². The first-order valence-corrected chi connectivity index (χ1v) is 32.5. The van der Waals surface area contributed by atoms with E-state index in [1.807, 2.05) is 21.1 Å². The summed E-state index contributed by atoms with van der Waals surface area (Å²) in [6.45, 7) is 4.80. The van der Waals surface area contributed by atoms with Crippen molar-refractivity contribution in [1.82, 2.24) is 0 Å². The van der Waals surface area contributed by atoms with Gasteiger partial charge < -0.3 is 33.3 Å². The van der Waals surface area contributed by atoms with Crippen LogP contribution in [0.3, 0.4) is 0 Å². The van der Waals surface area contributed by atoms with E-state index < -0.39 is 24.3 Å². The molecule has 0 fully saturated rings. The van der Waals surface area contributed by atoms with E-state index in [0.717, 1.165) is 44.9 Å². The van der Waals surface area contributed by atoms with Gasteiger partial charge in [0.05, 0.1) is 40.3 Å². The van der Waals surface area contributed by atoms with Gasteiger partial charge in [0.25, 0.3) is 0 Å². The minimum absolute atomic E-state index is 0.151. The number of carbonyl (C=O) groups excluding carboxylic acids is 3. The van der Waals surface area contributed by atoms with E-state index in [1.54, 1.807) is 0 Å². The average Bonchev–Trinajstić information content (AvgIpc) is 3.38. The summed E-state index contributed by atoms with van der Waals surface area (Å²) in [4.78, 5) is 37.4. The number of hydrogen-bond donors (Lipinski definition) is 0. The van der Waals surface area contributed by atoms with Gasteiger partial charge in [0, 0.05) is 12.8 Å². The molecule has 2 atom stereocenters. The maximum Gasteiger partial charge on any atom is 0.306 e. The first-order valence-electron chi connectivity index (χ1n) is 32.5. The van der Waals surface area contributed by atoms with Gasteiger partial charge in [0.15, 0.2) is 12.4 Å². The van der Waals surface area contributed by atoms with Crippen LogP contribution in [-0.4, -0.2) is 82.3 Å². The Morgan fingerprint density at radius 1 is 0.400 bits per heavy atom. The molecule has 0 aromatic rings. The molecular formula is C66H125NO8. The number of hydrogen-bond acceptors (Lipinski definition) is 8. The zero-order chi connectivity index (χ0) is 54.8. The molecule has 442 valence electrons. The SMILES string of the molecule is CCCCCCC/C=C\C/C=C\CCCCCCCCCCCCCCCCCCCC(=O)OC(COC(=O)CCCCCCCCCCCCCCCCCCCCCCC)COC(OCC[N+](C)(C)C)C(=O)[O-]. The van der Waals surface area contributed by atoms with Gasteiger partial charge in [0.1, 0.15) is 13.2 Å².